The minimum atomic E-state index is -0.705. The summed E-state index contributed by atoms with van der Waals surface area (Å²) in [7, 11) is 1.57. The molecule has 0 saturated carbocycles. The van der Waals surface area contributed by atoms with E-state index >= 15 is 0 Å². The van der Waals surface area contributed by atoms with Crippen molar-refractivity contribution in [3.05, 3.63) is 65.0 Å². The molecule has 1 aliphatic rings. The van der Waals surface area contributed by atoms with Crippen LogP contribution in [0.3, 0.4) is 0 Å². The molecule has 3 rings (SSSR count). The van der Waals surface area contributed by atoms with Crippen molar-refractivity contribution >= 4 is 11.8 Å². The molecule has 2 atom stereocenters. The second kappa shape index (κ2) is 10.3. The van der Waals surface area contributed by atoms with Gasteiger partial charge in [-0.05, 0) is 54.3 Å². The third kappa shape index (κ3) is 5.90. The largest absolute Gasteiger partial charge is 0.481 e. The van der Waals surface area contributed by atoms with Gasteiger partial charge in [0.05, 0.1) is 12.6 Å². The van der Waals surface area contributed by atoms with E-state index in [4.69, 9.17) is 9.47 Å². The number of ether oxygens (including phenoxy) is 2. The van der Waals surface area contributed by atoms with Gasteiger partial charge >= 0.3 is 0 Å². The summed E-state index contributed by atoms with van der Waals surface area (Å²) >= 11 is 0. The minimum absolute atomic E-state index is 0.000350. The molecule has 0 unspecified atom stereocenters. The number of amides is 2. The van der Waals surface area contributed by atoms with Gasteiger partial charge in [-0.2, -0.15) is 0 Å². The van der Waals surface area contributed by atoms with Crippen molar-refractivity contribution in [2.75, 3.05) is 26.8 Å². The van der Waals surface area contributed by atoms with Crippen molar-refractivity contribution in [2.45, 2.75) is 46.3 Å². The van der Waals surface area contributed by atoms with Crippen LogP contribution in [0.5, 0.6) is 5.75 Å². The Labute approximate surface area is 195 Å². The highest BCUT2D eigenvalue weighted by molar-refractivity contribution is 5.83. The first-order chi connectivity index (χ1) is 15.6. The molecule has 0 fully saturated rings. The van der Waals surface area contributed by atoms with Gasteiger partial charge in [0.25, 0.3) is 5.91 Å². The van der Waals surface area contributed by atoms with Crippen molar-refractivity contribution in [1.29, 1.82) is 0 Å². The predicted molar refractivity (Wildman–Crippen MR) is 125 cm³/mol. The Hall–Kier alpha value is -2.93. The monoisotopic (exact) mass is 456 g/mol. The van der Waals surface area contributed by atoms with Crippen molar-refractivity contribution in [3.8, 4) is 5.75 Å². The van der Waals surface area contributed by atoms with Crippen LogP contribution in [-0.2, 0) is 20.7 Å². The van der Waals surface area contributed by atoms with Gasteiger partial charge in [-0.3, -0.25) is 9.59 Å². The molecule has 1 aliphatic heterocycles. The van der Waals surface area contributed by atoms with Crippen LogP contribution in [0.25, 0.3) is 0 Å². The normalized spacial score (nSPS) is 16.7. The third-order valence-electron chi connectivity index (χ3n) is 5.70. The second-order valence-electron chi connectivity index (χ2n) is 9.36. The minimum Gasteiger partial charge on any atom is -0.481 e. The Morgan fingerprint density at radius 1 is 1.21 bits per heavy atom. The van der Waals surface area contributed by atoms with Gasteiger partial charge in [0, 0.05) is 25.6 Å². The Bertz CT molecular complexity index is 1000. The first-order valence-electron chi connectivity index (χ1n) is 11.2. The fraction of sp³-hybridized carbons (Fsp3) is 0.462. The highest BCUT2D eigenvalue weighted by Gasteiger charge is 2.37. The molecule has 2 aromatic carbocycles. The van der Waals surface area contributed by atoms with E-state index in [0.29, 0.717) is 37.4 Å². The van der Waals surface area contributed by atoms with E-state index in [0.717, 1.165) is 11.1 Å². The van der Waals surface area contributed by atoms with Gasteiger partial charge in [-0.1, -0.05) is 39.0 Å². The average Bonchev–Trinajstić information content (AvgIpc) is 2.77. The number of methoxy groups -OCH3 is 1. The quantitative estimate of drug-likeness (QED) is 0.642. The number of fused-ring (bicyclic) bond motifs is 1. The van der Waals surface area contributed by atoms with Crippen LogP contribution in [0.4, 0.5) is 4.39 Å². The van der Waals surface area contributed by atoms with Gasteiger partial charge in [0.2, 0.25) is 5.91 Å². The van der Waals surface area contributed by atoms with Gasteiger partial charge in [-0.25, -0.2) is 4.39 Å². The van der Waals surface area contributed by atoms with Gasteiger partial charge in [-0.15, -0.1) is 0 Å². The van der Waals surface area contributed by atoms with Crippen LogP contribution >= 0.6 is 0 Å². The number of hydrogen-bond acceptors (Lipinski definition) is 4. The van der Waals surface area contributed by atoms with Crippen molar-refractivity contribution in [1.82, 2.24) is 10.2 Å². The lowest BCUT2D eigenvalue weighted by atomic mass is 9.85. The molecule has 0 radical (unpaired) electrons. The maximum absolute atomic E-state index is 14.1. The zero-order valence-electron chi connectivity index (χ0n) is 20.0. The maximum Gasteiger partial charge on any atom is 0.260 e. The van der Waals surface area contributed by atoms with Crippen LogP contribution in [-0.4, -0.2) is 49.6 Å². The van der Waals surface area contributed by atoms with E-state index < -0.39 is 17.6 Å². The number of rotatable bonds is 7. The van der Waals surface area contributed by atoms with Crippen LogP contribution in [0.2, 0.25) is 0 Å². The number of hydrogen-bond donors (Lipinski definition) is 1. The van der Waals surface area contributed by atoms with E-state index in [2.05, 4.69) is 5.32 Å². The summed E-state index contributed by atoms with van der Waals surface area (Å²) in [6.45, 7) is 8.71. The van der Waals surface area contributed by atoms with E-state index in [1.807, 2.05) is 49.9 Å². The lowest BCUT2D eigenvalue weighted by molar-refractivity contribution is -0.141. The summed E-state index contributed by atoms with van der Waals surface area (Å²) in [5, 5.41) is 2.76. The number of benzene rings is 2. The average molecular weight is 457 g/mol. The van der Waals surface area contributed by atoms with Crippen LogP contribution in [0, 0.1) is 11.2 Å². The number of halogens is 1. The van der Waals surface area contributed by atoms with Gasteiger partial charge in [0.15, 0.2) is 6.10 Å². The van der Waals surface area contributed by atoms with Crippen molar-refractivity contribution in [2.24, 2.45) is 5.41 Å². The Morgan fingerprint density at radius 3 is 2.64 bits per heavy atom. The fourth-order valence-corrected chi connectivity index (χ4v) is 4.03. The Balaban J connectivity index is 1.94. The molecule has 0 saturated heterocycles. The molecule has 0 aromatic heterocycles. The molecule has 6 nitrogen and oxygen atoms in total. The number of nitrogens with zero attached hydrogens (tertiary/aromatic N) is 1. The third-order valence-corrected chi connectivity index (χ3v) is 5.70. The number of carbonyl (C=O) groups excluding carboxylic acids is 2. The molecule has 2 amide bonds. The lowest BCUT2D eigenvalue weighted by Gasteiger charge is -2.41. The molecular weight excluding hydrogens is 423 g/mol. The smallest absolute Gasteiger partial charge is 0.260 e. The van der Waals surface area contributed by atoms with Crippen molar-refractivity contribution < 1.29 is 23.5 Å². The summed E-state index contributed by atoms with van der Waals surface area (Å²) in [6.07, 6.45) is -0.0144. The summed E-state index contributed by atoms with van der Waals surface area (Å²) in [5.74, 6) is -0.0678. The summed E-state index contributed by atoms with van der Waals surface area (Å²) in [5.41, 5.74) is 2.09. The first kappa shape index (κ1) is 24.7. The number of carbonyl (C=O) groups is 2. The molecule has 0 spiro atoms. The molecule has 1 heterocycles. The molecule has 7 heteroatoms. The molecule has 1 N–H and O–H groups in total. The van der Waals surface area contributed by atoms with Crippen LogP contribution < -0.4 is 10.1 Å². The molecular formula is C26H33FN2O4. The maximum atomic E-state index is 14.1. The molecule has 0 aliphatic carbocycles. The second-order valence-corrected chi connectivity index (χ2v) is 9.36. The molecule has 33 heavy (non-hydrogen) atoms. The number of nitrogens with one attached hydrogen (secondary N) is 1. The highest BCUT2D eigenvalue weighted by Crippen LogP contribution is 2.39. The SMILES string of the molecule is COCCNC(=O)[C@@H](C)Oc1ccc2c(c1)[C@H](c1cccc(F)c1)N(C(=O)C(C)(C)C)CC2. The van der Waals surface area contributed by atoms with E-state index in [-0.39, 0.29) is 17.6 Å². The van der Waals surface area contributed by atoms with Crippen LogP contribution in [0.1, 0.15) is 50.4 Å². The zero-order chi connectivity index (χ0) is 24.2. The predicted octanol–water partition coefficient (Wildman–Crippen LogP) is 3.88. The summed E-state index contributed by atoms with van der Waals surface area (Å²) in [6, 6.07) is 11.6. The van der Waals surface area contributed by atoms with Gasteiger partial charge < -0.3 is 19.7 Å². The zero-order valence-corrected chi connectivity index (χ0v) is 20.0. The lowest BCUT2D eigenvalue weighted by Crippen LogP contribution is -2.45. The van der Waals surface area contributed by atoms with Crippen molar-refractivity contribution in [3.63, 3.8) is 0 Å². The topological polar surface area (TPSA) is 67.9 Å². The highest BCUT2D eigenvalue weighted by atomic mass is 19.1. The van der Waals surface area contributed by atoms with E-state index in [9.17, 15) is 14.0 Å². The van der Waals surface area contributed by atoms with E-state index in [1.54, 1.807) is 20.1 Å². The summed E-state index contributed by atoms with van der Waals surface area (Å²) in [4.78, 5) is 27.4. The fourth-order valence-electron chi connectivity index (χ4n) is 4.03. The first-order valence-corrected chi connectivity index (χ1v) is 11.2. The van der Waals surface area contributed by atoms with Crippen LogP contribution in [0.15, 0.2) is 42.5 Å². The molecule has 178 valence electrons. The van der Waals surface area contributed by atoms with Gasteiger partial charge in [0.1, 0.15) is 11.6 Å². The van der Waals surface area contributed by atoms with E-state index in [1.165, 1.54) is 12.1 Å². The Kier molecular flexibility index (Phi) is 7.74. The summed E-state index contributed by atoms with van der Waals surface area (Å²) < 4.78 is 25.0. The molecule has 0 bridgehead atoms. The Morgan fingerprint density at radius 2 is 1.97 bits per heavy atom. The molecule has 2 aromatic rings. The standard InChI is InChI=1S/C26H33FN2O4/c1-17(24(30)28-12-14-32-5)33-21-10-9-18-11-13-29(25(31)26(2,3)4)23(22(18)16-21)19-7-6-8-20(27)15-19/h6-10,15-17,23H,11-14H2,1-5H3,(H,28,30)/t17-,23+/m1/s1.